The molecule has 1 aromatic heterocycles. The highest BCUT2D eigenvalue weighted by Crippen LogP contribution is 2.29. The summed E-state index contributed by atoms with van der Waals surface area (Å²) in [6, 6.07) is 12.7. The number of nitrogens with zero attached hydrogens (tertiary/aromatic N) is 3. The summed E-state index contributed by atoms with van der Waals surface area (Å²) >= 11 is 0. The van der Waals surface area contributed by atoms with Gasteiger partial charge in [-0.2, -0.15) is 0 Å². The fourth-order valence-corrected chi connectivity index (χ4v) is 3.42. The van der Waals surface area contributed by atoms with Gasteiger partial charge in [-0.05, 0) is 54.6 Å². The summed E-state index contributed by atoms with van der Waals surface area (Å²) in [5, 5.41) is 0. The van der Waals surface area contributed by atoms with E-state index in [1.807, 2.05) is 0 Å². The Morgan fingerprint density at radius 1 is 1.07 bits per heavy atom. The minimum absolute atomic E-state index is 0.186. The fraction of sp³-hybridized carbons (Fsp3) is 0.136. The minimum atomic E-state index is -0.584. The van der Waals surface area contributed by atoms with Crippen molar-refractivity contribution in [2.24, 2.45) is 5.73 Å². The van der Waals surface area contributed by atoms with Crippen LogP contribution in [0, 0.1) is 5.82 Å². The van der Waals surface area contributed by atoms with E-state index in [2.05, 4.69) is 11.6 Å². The smallest absolute Gasteiger partial charge is 0.267 e. The van der Waals surface area contributed by atoms with Gasteiger partial charge in [0, 0.05) is 18.7 Å². The molecule has 0 unspecified atom stereocenters. The highest BCUT2D eigenvalue weighted by atomic mass is 19.1. The second-order valence-corrected chi connectivity index (χ2v) is 6.79. The summed E-state index contributed by atoms with van der Waals surface area (Å²) < 4.78 is 20.5. The van der Waals surface area contributed by atoms with Crippen molar-refractivity contribution in [3.8, 4) is 22.8 Å². The SMILES string of the molecule is C=CC(=O)N1CCn2c(nc(-c3ccc(Oc4ccc(F)cc4)cc3)c2C(N)=O)C1. The van der Waals surface area contributed by atoms with Crippen molar-refractivity contribution in [2.45, 2.75) is 13.1 Å². The summed E-state index contributed by atoms with van der Waals surface area (Å²) in [6.45, 7) is 4.65. The summed E-state index contributed by atoms with van der Waals surface area (Å²) in [5.74, 6) is 0.539. The Balaban J connectivity index is 1.63. The Hall–Kier alpha value is -3.94. The molecule has 4 rings (SSSR count). The molecular formula is C22H19FN4O3. The third kappa shape index (κ3) is 3.67. The number of imidazole rings is 1. The van der Waals surface area contributed by atoms with E-state index >= 15 is 0 Å². The molecule has 2 N–H and O–H groups in total. The van der Waals surface area contributed by atoms with E-state index in [9.17, 15) is 14.0 Å². The number of carbonyl (C=O) groups excluding carboxylic acids is 2. The number of amides is 2. The van der Waals surface area contributed by atoms with E-state index < -0.39 is 5.91 Å². The number of rotatable bonds is 5. The van der Waals surface area contributed by atoms with Gasteiger partial charge < -0.3 is 19.9 Å². The standard InChI is InChI=1S/C22H19FN4O3/c1-2-19(28)26-11-12-27-18(13-26)25-20(21(27)22(24)29)14-3-7-16(8-4-14)30-17-9-5-15(23)6-10-17/h2-10H,1,11-13H2,(H2,24,29). The average Bonchev–Trinajstić information content (AvgIpc) is 3.14. The van der Waals surface area contributed by atoms with Crippen LogP contribution in [0.25, 0.3) is 11.3 Å². The molecule has 7 nitrogen and oxygen atoms in total. The van der Waals surface area contributed by atoms with Crippen LogP contribution < -0.4 is 10.5 Å². The van der Waals surface area contributed by atoms with E-state index in [1.54, 1.807) is 33.7 Å². The lowest BCUT2D eigenvalue weighted by Crippen LogP contribution is -2.38. The zero-order valence-electron chi connectivity index (χ0n) is 16.0. The zero-order valence-corrected chi connectivity index (χ0v) is 16.0. The highest BCUT2D eigenvalue weighted by molar-refractivity contribution is 5.97. The molecule has 0 aliphatic carbocycles. The lowest BCUT2D eigenvalue weighted by Gasteiger charge is -2.27. The normalized spacial score (nSPS) is 12.9. The number of fused-ring (bicyclic) bond motifs is 1. The first kappa shape index (κ1) is 19.4. The molecule has 0 atom stereocenters. The van der Waals surface area contributed by atoms with Crippen LogP contribution in [0.1, 0.15) is 16.3 Å². The van der Waals surface area contributed by atoms with E-state index in [1.165, 1.54) is 30.3 Å². The number of benzene rings is 2. The molecule has 152 valence electrons. The van der Waals surface area contributed by atoms with Gasteiger partial charge in [-0.15, -0.1) is 0 Å². The molecule has 0 spiro atoms. The quantitative estimate of drug-likeness (QED) is 0.659. The molecule has 30 heavy (non-hydrogen) atoms. The number of ether oxygens (including phenoxy) is 1. The number of primary amides is 1. The molecule has 2 aromatic carbocycles. The van der Waals surface area contributed by atoms with Crippen molar-refractivity contribution < 1.29 is 18.7 Å². The topological polar surface area (TPSA) is 90.4 Å². The number of hydrogen-bond donors (Lipinski definition) is 1. The minimum Gasteiger partial charge on any atom is -0.457 e. The molecule has 0 radical (unpaired) electrons. The third-order valence-corrected chi connectivity index (χ3v) is 4.87. The Bertz CT molecular complexity index is 1120. The number of aromatic nitrogens is 2. The molecule has 1 aliphatic rings. The average molecular weight is 406 g/mol. The van der Waals surface area contributed by atoms with Gasteiger partial charge in [-0.3, -0.25) is 9.59 Å². The molecular weight excluding hydrogens is 387 g/mol. The number of hydrogen-bond acceptors (Lipinski definition) is 4. The van der Waals surface area contributed by atoms with E-state index in [0.717, 1.165) is 0 Å². The Morgan fingerprint density at radius 2 is 1.70 bits per heavy atom. The van der Waals surface area contributed by atoms with Crippen LogP contribution in [0.2, 0.25) is 0 Å². The molecule has 0 bridgehead atoms. The van der Waals surface area contributed by atoms with Gasteiger partial charge in [0.05, 0.1) is 6.54 Å². The van der Waals surface area contributed by atoms with Crippen molar-refractivity contribution >= 4 is 11.8 Å². The van der Waals surface area contributed by atoms with Gasteiger partial charge in [-0.1, -0.05) is 6.58 Å². The van der Waals surface area contributed by atoms with E-state index in [0.29, 0.717) is 47.4 Å². The number of nitrogens with two attached hydrogens (primary N) is 1. The number of carbonyl (C=O) groups is 2. The maximum Gasteiger partial charge on any atom is 0.267 e. The monoisotopic (exact) mass is 406 g/mol. The second kappa shape index (κ2) is 7.82. The van der Waals surface area contributed by atoms with Crippen molar-refractivity contribution in [3.63, 3.8) is 0 Å². The van der Waals surface area contributed by atoms with E-state index in [-0.39, 0.29) is 18.3 Å². The molecule has 2 amide bonds. The molecule has 8 heteroatoms. The Kier molecular flexibility index (Phi) is 5.05. The van der Waals surface area contributed by atoms with Crippen molar-refractivity contribution in [2.75, 3.05) is 6.54 Å². The lowest BCUT2D eigenvalue weighted by molar-refractivity contribution is -0.127. The molecule has 0 saturated carbocycles. The van der Waals surface area contributed by atoms with Crippen LogP contribution in [-0.4, -0.2) is 32.8 Å². The van der Waals surface area contributed by atoms with Gasteiger partial charge in [0.25, 0.3) is 5.91 Å². The molecule has 0 saturated heterocycles. The summed E-state index contributed by atoms with van der Waals surface area (Å²) in [5.41, 5.74) is 7.09. The first-order chi connectivity index (χ1) is 14.5. The van der Waals surface area contributed by atoms with Crippen LogP contribution in [0.15, 0.2) is 61.2 Å². The first-order valence-corrected chi connectivity index (χ1v) is 9.30. The van der Waals surface area contributed by atoms with Gasteiger partial charge in [0.15, 0.2) is 0 Å². The van der Waals surface area contributed by atoms with Crippen molar-refractivity contribution in [1.82, 2.24) is 14.5 Å². The van der Waals surface area contributed by atoms with Crippen LogP contribution in [0.5, 0.6) is 11.5 Å². The Labute approximate surface area is 172 Å². The summed E-state index contributed by atoms with van der Waals surface area (Å²) in [7, 11) is 0. The fourth-order valence-electron chi connectivity index (χ4n) is 3.42. The largest absolute Gasteiger partial charge is 0.457 e. The van der Waals surface area contributed by atoms with Crippen molar-refractivity contribution in [3.05, 3.63) is 78.5 Å². The van der Waals surface area contributed by atoms with Crippen LogP contribution in [0.4, 0.5) is 4.39 Å². The Morgan fingerprint density at radius 3 is 2.30 bits per heavy atom. The molecule has 0 fully saturated rings. The maximum absolute atomic E-state index is 13.0. The van der Waals surface area contributed by atoms with Crippen LogP contribution in [-0.2, 0) is 17.9 Å². The molecule has 1 aliphatic heterocycles. The summed E-state index contributed by atoms with van der Waals surface area (Å²) in [6.07, 6.45) is 1.26. The third-order valence-electron chi connectivity index (χ3n) is 4.87. The van der Waals surface area contributed by atoms with Gasteiger partial charge in [-0.25, -0.2) is 9.37 Å². The second-order valence-electron chi connectivity index (χ2n) is 6.79. The van der Waals surface area contributed by atoms with Crippen molar-refractivity contribution in [1.29, 1.82) is 0 Å². The van der Waals surface area contributed by atoms with Gasteiger partial charge in [0.1, 0.15) is 34.5 Å². The van der Waals surface area contributed by atoms with Gasteiger partial charge in [0.2, 0.25) is 5.91 Å². The summed E-state index contributed by atoms with van der Waals surface area (Å²) in [4.78, 5) is 30.3. The van der Waals surface area contributed by atoms with Crippen LogP contribution >= 0.6 is 0 Å². The maximum atomic E-state index is 13.0. The predicted octanol–water partition coefficient (Wildman–Crippen LogP) is 3.11. The zero-order chi connectivity index (χ0) is 21.3. The lowest BCUT2D eigenvalue weighted by atomic mass is 10.1. The first-order valence-electron chi connectivity index (χ1n) is 9.30. The molecule has 3 aromatic rings. The number of halogens is 1. The van der Waals surface area contributed by atoms with E-state index in [4.69, 9.17) is 10.5 Å². The highest BCUT2D eigenvalue weighted by Gasteiger charge is 2.28. The molecule has 2 heterocycles. The van der Waals surface area contributed by atoms with Crippen LogP contribution in [0.3, 0.4) is 0 Å². The predicted molar refractivity (Wildman–Crippen MR) is 108 cm³/mol. The van der Waals surface area contributed by atoms with Gasteiger partial charge >= 0.3 is 0 Å².